The van der Waals surface area contributed by atoms with Gasteiger partial charge in [0.15, 0.2) is 0 Å². The summed E-state index contributed by atoms with van der Waals surface area (Å²) in [6, 6.07) is 6.85. The first-order chi connectivity index (χ1) is 11.1. The van der Waals surface area contributed by atoms with Gasteiger partial charge in [-0.05, 0) is 37.1 Å². The van der Waals surface area contributed by atoms with Crippen LogP contribution in [0, 0.1) is 6.92 Å². The number of carbonyl (C=O) groups is 1. The van der Waals surface area contributed by atoms with Gasteiger partial charge < -0.3 is 20.2 Å². The number of nitrogens with zero attached hydrogens (tertiary/aromatic N) is 2. The van der Waals surface area contributed by atoms with Crippen LogP contribution in [-0.2, 0) is 0 Å². The smallest absolute Gasteiger partial charge is 0.319 e. The van der Waals surface area contributed by atoms with Crippen molar-refractivity contribution in [2.45, 2.75) is 38.1 Å². The highest BCUT2D eigenvalue weighted by Crippen LogP contribution is 2.29. The first kappa shape index (κ1) is 15.5. The van der Waals surface area contributed by atoms with E-state index in [-0.39, 0.29) is 12.6 Å². The van der Waals surface area contributed by atoms with E-state index in [2.05, 4.69) is 20.8 Å². The van der Waals surface area contributed by atoms with Gasteiger partial charge in [0, 0.05) is 18.2 Å². The van der Waals surface area contributed by atoms with Crippen LogP contribution >= 0.6 is 0 Å². The van der Waals surface area contributed by atoms with E-state index in [1.54, 1.807) is 31.2 Å². The van der Waals surface area contributed by atoms with Crippen molar-refractivity contribution in [3.63, 3.8) is 0 Å². The number of aliphatic hydroxyl groups is 1. The van der Waals surface area contributed by atoms with E-state index in [1.807, 2.05) is 0 Å². The highest BCUT2D eigenvalue weighted by molar-refractivity contribution is 5.90. The van der Waals surface area contributed by atoms with E-state index in [1.165, 1.54) is 0 Å². The Bertz CT molecular complexity index is 675. The number of benzene rings is 1. The van der Waals surface area contributed by atoms with Gasteiger partial charge in [-0.15, -0.1) is 10.2 Å². The number of anilines is 1. The fraction of sp³-hybridized carbons (Fsp3) is 0.438. The Balaban J connectivity index is 1.63. The van der Waals surface area contributed by atoms with E-state index >= 15 is 0 Å². The molecule has 2 amide bonds. The van der Waals surface area contributed by atoms with Crippen molar-refractivity contribution in [1.29, 1.82) is 0 Å². The summed E-state index contributed by atoms with van der Waals surface area (Å²) in [6.07, 6.45) is 3.68. The van der Waals surface area contributed by atoms with Gasteiger partial charge in [0.25, 0.3) is 0 Å². The average molecular weight is 316 g/mol. The zero-order chi connectivity index (χ0) is 16.3. The van der Waals surface area contributed by atoms with Crippen molar-refractivity contribution in [2.75, 3.05) is 11.9 Å². The number of carbonyl (C=O) groups excluding carboxylic acids is 1. The van der Waals surface area contributed by atoms with Crippen LogP contribution in [0.1, 0.15) is 31.6 Å². The monoisotopic (exact) mass is 316 g/mol. The molecule has 0 aliphatic heterocycles. The standard InChI is InChI=1S/C16H20N4O3/c1-11-19-20-14(23-11)12-4-6-13(7-5-12)17-15(22)18-16(10-21)8-2-3-9-16/h4-7,21H,2-3,8-10H2,1H3,(H2,17,18,22). The maximum absolute atomic E-state index is 12.1. The van der Waals surface area contributed by atoms with Gasteiger partial charge in [0.05, 0.1) is 12.1 Å². The van der Waals surface area contributed by atoms with Crippen molar-refractivity contribution in [2.24, 2.45) is 0 Å². The van der Waals surface area contributed by atoms with Crippen LogP contribution < -0.4 is 10.6 Å². The Kier molecular flexibility index (Phi) is 4.29. The second kappa shape index (κ2) is 6.37. The molecule has 1 heterocycles. The molecule has 1 aliphatic rings. The van der Waals surface area contributed by atoms with E-state index < -0.39 is 5.54 Å². The minimum Gasteiger partial charge on any atom is -0.421 e. The van der Waals surface area contributed by atoms with E-state index in [0.29, 0.717) is 17.5 Å². The molecule has 0 atom stereocenters. The van der Waals surface area contributed by atoms with Crippen LogP contribution in [0.3, 0.4) is 0 Å². The number of rotatable bonds is 4. The molecule has 0 saturated heterocycles. The Labute approximate surface area is 134 Å². The second-order valence-electron chi connectivity index (χ2n) is 5.93. The molecule has 1 aromatic carbocycles. The number of aryl methyl sites for hydroxylation is 1. The number of hydrogen-bond acceptors (Lipinski definition) is 5. The SMILES string of the molecule is Cc1nnc(-c2ccc(NC(=O)NC3(CO)CCCC3)cc2)o1. The summed E-state index contributed by atoms with van der Waals surface area (Å²) in [5.41, 5.74) is 0.971. The molecule has 2 aromatic rings. The molecule has 0 bridgehead atoms. The Morgan fingerprint density at radius 1 is 1.26 bits per heavy atom. The largest absolute Gasteiger partial charge is 0.421 e. The first-order valence-electron chi connectivity index (χ1n) is 7.71. The predicted octanol–water partition coefficient (Wildman–Crippen LogP) is 2.47. The highest BCUT2D eigenvalue weighted by atomic mass is 16.4. The van der Waals surface area contributed by atoms with Crippen molar-refractivity contribution >= 4 is 11.7 Å². The molecular formula is C16H20N4O3. The molecule has 1 saturated carbocycles. The van der Waals surface area contributed by atoms with Crippen LogP contribution in [-0.4, -0.2) is 33.5 Å². The van der Waals surface area contributed by atoms with Gasteiger partial charge >= 0.3 is 6.03 Å². The van der Waals surface area contributed by atoms with Crippen molar-refractivity contribution in [3.8, 4) is 11.5 Å². The maximum atomic E-state index is 12.1. The number of nitrogens with one attached hydrogen (secondary N) is 2. The zero-order valence-corrected chi connectivity index (χ0v) is 13.0. The van der Waals surface area contributed by atoms with Gasteiger partial charge in [-0.2, -0.15) is 0 Å². The van der Waals surface area contributed by atoms with Crippen LogP contribution in [0.15, 0.2) is 28.7 Å². The molecule has 7 heteroatoms. The van der Waals surface area contributed by atoms with E-state index in [9.17, 15) is 9.90 Å². The lowest BCUT2D eigenvalue weighted by molar-refractivity contribution is 0.167. The normalized spacial score (nSPS) is 16.3. The topological polar surface area (TPSA) is 100 Å². The molecule has 122 valence electrons. The second-order valence-corrected chi connectivity index (χ2v) is 5.93. The molecule has 1 fully saturated rings. The zero-order valence-electron chi connectivity index (χ0n) is 13.0. The quantitative estimate of drug-likeness (QED) is 0.804. The van der Waals surface area contributed by atoms with Gasteiger partial charge in [0.2, 0.25) is 11.8 Å². The molecule has 3 N–H and O–H groups in total. The minimum absolute atomic E-state index is 0.0319. The van der Waals surface area contributed by atoms with E-state index in [4.69, 9.17) is 4.42 Å². The minimum atomic E-state index is -0.481. The predicted molar refractivity (Wildman–Crippen MR) is 84.9 cm³/mol. The molecule has 0 unspecified atom stereocenters. The lowest BCUT2D eigenvalue weighted by atomic mass is 9.99. The molecule has 23 heavy (non-hydrogen) atoms. The van der Waals surface area contributed by atoms with Crippen LogP contribution in [0.5, 0.6) is 0 Å². The first-order valence-corrected chi connectivity index (χ1v) is 7.71. The molecule has 7 nitrogen and oxygen atoms in total. The summed E-state index contributed by atoms with van der Waals surface area (Å²) in [6.45, 7) is 1.70. The van der Waals surface area contributed by atoms with Crippen molar-refractivity contribution in [3.05, 3.63) is 30.2 Å². The lowest BCUT2D eigenvalue weighted by Gasteiger charge is -2.27. The average Bonchev–Trinajstić information content (AvgIpc) is 3.18. The van der Waals surface area contributed by atoms with E-state index in [0.717, 1.165) is 31.2 Å². The van der Waals surface area contributed by atoms with Crippen molar-refractivity contribution < 1.29 is 14.3 Å². The third-order valence-electron chi connectivity index (χ3n) is 4.16. The van der Waals surface area contributed by atoms with Gasteiger partial charge in [-0.25, -0.2) is 4.79 Å². The fourth-order valence-corrected chi connectivity index (χ4v) is 2.89. The number of aliphatic hydroxyl groups excluding tert-OH is 1. The number of amides is 2. The van der Waals surface area contributed by atoms with Crippen LogP contribution in [0.2, 0.25) is 0 Å². The van der Waals surface area contributed by atoms with Gasteiger partial charge in [-0.3, -0.25) is 0 Å². The Hall–Kier alpha value is -2.41. The summed E-state index contributed by atoms with van der Waals surface area (Å²) >= 11 is 0. The molecule has 1 aromatic heterocycles. The number of urea groups is 1. The Morgan fingerprint density at radius 3 is 2.52 bits per heavy atom. The summed E-state index contributed by atoms with van der Waals surface area (Å²) in [5.74, 6) is 0.955. The number of hydrogen-bond donors (Lipinski definition) is 3. The van der Waals surface area contributed by atoms with Crippen LogP contribution in [0.25, 0.3) is 11.5 Å². The van der Waals surface area contributed by atoms with Crippen LogP contribution in [0.4, 0.5) is 10.5 Å². The van der Waals surface area contributed by atoms with Gasteiger partial charge in [0.1, 0.15) is 0 Å². The third-order valence-corrected chi connectivity index (χ3v) is 4.16. The molecule has 3 rings (SSSR count). The Morgan fingerprint density at radius 2 is 1.96 bits per heavy atom. The number of aromatic nitrogens is 2. The summed E-state index contributed by atoms with van der Waals surface area (Å²) < 4.78 is 5.36. The van der Waals surface area contributed by atoms with Crippen molar-refractivity contribution in [1.82, 2.24) is 15.5 Å². The molecule has 0 spiro atoms. The molecule has 0 radical (unpaired) electrons. The third kappa shape index (κ3) is 3.50. The summed E-state index contributed by atoms with van der Waals surface area (Å²) in [4.78, 5) is 12.1. The molecular weight excluding hydrogens is 296 g/mol. The fourth-order valence-electron chi connectivity index (χ4n) is 2.89. The summed E-state index contributed by atoms with van der Waals surface area (Å²) in [5, 5.41) is 23.0. The maximum Gasteiger partial charge on any atom is 0.319 e. The van der Waals surface area contributed by atoms with Gasteiger partial charge in [-0.1, -0.05) is 12.8 Å². The summed E-state index contributed by atoms with van der Waals surface area (Å²) in [7, 11) is 0. The highest BCUT2D eigenvalue weighted by Gasteiger charge is 2.34. The lowest BCUT2D eigenvalue weighted by Crippen LogP contribution is -2.50. The molecule has 1 aliphatic carbocycles.